The molecule has 1 aliphatic heterocycles. The van der Waals surface area contributed by atoms with E-state index in [1.165, 1.54) is 6.07 Å². The van der Waals surface area contributed by atoms with Gasteiger partial charge < -0.3 is 13.9 Å². The first-order valence-corrected chi connectivity index (χ1v) is 15.1. The Hall–Kier alpha value is -5.06. The topological polar surface area (TPSA) is 113 Å². The van der Waals surface area contributed by atoms with Gasteiger partial charge in [0.1, 0.15) is 29.4 Å². The summed E-state index contributed by atoms with van der Waals surface area (Å²) in [6, 6.07) is 20.2. The van der Waals surface area contributed by atoms with Gasteiger partial charge in [-0.15, -0.1) is 0 Å². The third kappa shape index (κ3) is 6.43. The molecule has 0 atom stereocenters. The second-order valence-corrected chi connectivity index (χ2v) is 12.5. The van der Waals surface area contributed by atoms with E-state index in [1.54, 1.807) is 24.3 Å². The Kier molecular flexibility index (Phi) is 8.09. The van der Waals surface area contributed by atoms with E-state index >= 15 is 0 Å². The largest absolute Gasteiger partial charge is 0.456 e. The summed E-state index contributed by atoms with van der Waals surface area (Å²) in [4.78, 5) is 24.9. The van der Waals surface area contributed by atoms with Gasteiger partial charge in [-0.3, -0.25) is 4.90 Å². The molecule has 1 saturated heterocycles. The molecular formula is C35H34FN7O2. The van der Waals surface area contributed by atoms with E-state index in [0.717, 1.165) is 59.5 Å². The van der Waals surface area contributed by atoms with Crippen molar-refractivity contribution in [3.05, 3.63) is 94.8 Å². The number of aromatic nitrogens is 4. The van der Waals surface area contributed by atoms with Crippen LogP contribution in [0.4, 0.5) is 4.39 Å². The van der Waals surface area contributed by atoms with Crippen molar-refractivity contribution in [2.45, 2.75) is 64.8 Å². The van der Waals surface area contributed by atoms with Gasteiger partial charge in [0.2, 0.25) is 0 Å². The number of nitriles is 2. The van der Waals surface area contributed by atoms with Crippen molar-refractivity contribution in [1.29, 1.82) is 10.5 Å². The summed E-state index contributed by atoms with van der Waals surface area (Å²) < 4.78 is 24.0. The number of pyridine rings is 1. The molecule has 6 rings (SSSR count). The summed E-state index contributed by atoms with van der Waals surface area (Å²) in [7, 11) is 0. The molecule has 5 aromatic rings. The molecule has 0 unspecified atom stereocenters. The minimum atomic E-state index is -0.604. The number of benzene rings is 2. The predicted molar refractivity (Wildman–Crippen MR) is 168 cm³/mol. The van der Waals surface area contributed by atoms with Crippen LogP contribution in [0.25, 0.3) is 22.1 Å². The van der Waals surface area contributed by atoms with Gasteiger partial charge in [0, 0.05) is 28.8 Å². The summed E-state index contributed by atoms with van der Waals surface area (Å²) in [5, 5.41) is 19.6. The van der Waals surface area contributed by atoms with E-state index in [4.69, 9.17) is 20.0 Å². The molecule has 0 spiro atoms. The van der Waals surface area contributed by atoms with Crippen LogP contribution in [0.1, 0.15) is 72.5 Å². The van der Waals surface area contributed by atoms with Gasteiger partial charge in [-0.1, -0.05) is 6.07 Å². The van der Waals surface area contributed by atoms with Crippen LogP contribution in [0.2, 0.25) is 0 Å². The molecule has 9 nitrogen and oxygen atoms in total. The van der Waals surface area contributed by atoms with Crippen molar-refractivity contribution in [2.75, 3.05) is 13.1 Å². The molecule has 3 aromatic heterocycles. The van der Waals surface area contributed by atoms with Gasteiger partial charge in [0.15, 0.2) is 0 Å². The number of likely N-dealkylation sites (tertiary alicyclic amines) is 1. The fraction of sp³-hybridized carbons (Fsp3) is 0.343. The lowest BCUT2D eigenvalue weighted by molar-refractivity contribution is 0.00696. The van der Waals surface area contributed by atoms with E-state index in [9.17, 15) is 14.4 Å². The molecule has 1 fully saturated rings. The number of imidazole rings is 1. The lowest BCUT2D eigenvalue weighted by Crippen LogP contribution is -2.33. The highest BCUT2D eigenvalue weighted by molar-refractivity contribution is 5.94. The summed E-state index contributed by atoms with van der Waals surface area (Å²) in [6.07, 6.45) is 3.76. The van der Waals surface area contributed by atoms with Crippen LogP contribution in [0.15, 0.2) is 60.8 Å². The molecule has 45 heavy (non-hydrogen) atoms. The minimum absolute atomic E-state index is 0.135. The zero-order chi connectivity index (χ0) is 31.7. The van der Waals surface area contributed by atoms with Crippen LogP contribution in [0, 0.1) is 28.5 Å². The Balaban J connectivity index is 1.15. The number of carbonyl (C=O) groups is 1. The van der Waals surface area contributed by atoms with E-state index in [2.05, 4.69) is 23.1 Å². The number of esters is 1. The molecular weight excluding hydrogens is 569 g/mol. The van der Waals surface area contributed by atoms with Crippen LogP contribution in [0.5, 0.6) is 0 Å². The smallest absolute Gasteiger partial charge is 0.338 e. The van der Waals surface area contributed by atoms with Crippen molar-refractivity contribution >= 4 is 28.0 Å². The highest BCUT2D eigenvalue weighted by atomic mass is 19.1. The first-order chi connectivity index (χ1) is 21.6. The van der Waals surface area contributed by atoms with Gasteiger partial charge in [0.25, 0.3) is 0 Å². The molecule has 0 N–H and O–H groups in total. The minimum Gasteiger partial charge on any atom is -0.456 e. The van der Waals surface area contributed by atoms with Crippen LogP contribution >= 0.6 is 0 Å². The third-order valence-corrected chi connectivity index (χ3v) is 8.22. The standard InChI is InChI=1S/C35H34FN7O2/c1-35(2,3)45-34(44)26-7-9-30-31(19-26)43(17-13-37)32(39-30)22-41-14-10-24(11-15-41)29-8-6-25-12-16-42(33(25)40-29)21-27-5-4-23(20-38)18-28(27)36/h4-9,12,16,18-19,24H,10-11,14-15,17,21-22H2,1-3H3. The van der Waals surface area contributed by atoms with Gasteiger partial charge in [0.05, 0.1) is 47.4 Å². The van der Waals surface area contributed by atoms with Gasteiger partial charge in [-0.05, 0) is 95.2 Å². The van der Waals surface area contributed by atoms with Crippen LogP contribution in [-0.2, 0) is 24.4 Å². The van der Waals surface area contributed by atoms with Gasteiger partial charge in [-0.25, -0.2) is 19.2 Å². The highest BCUT2D eigenvalue weighted by Gasteiger charge is 2.25. The Morgan fingerprint density at radius 1 is 1.02 bits per heavy atom. The molecule has 0 aliphatic carbocycles. The number of hydrogen-bond acceptors (Lipinski definition) is 7. The first-order valence-electron chi connectivity index (χ1n) is 15.1. The average molecular weight is 604 g/mol. The lowest BCUT2D eigenvalue weighted by atomic mass is 9.93. The monoisotopic (exact) mass is 603 g/mol. The Morgan fingerprint density at radius 2 is 1.82 bits per heavy atom. The van der Waals surface area contributed by atoms with Crippen LogP contribution in [-0.4, -0.2) is 48.7 Å². The van der Waals surface area contributed by atoms with Crippen molar-refractivity contribution in [3.63, 3.8) is 0 Å². The van der Waals surface area contributed by atoms with Gasteiger partial charge >= 0.3 is 5.97 Å². The average Bonchev–Trinajstić information content (AvgIpc) is 3.57. The number of nitrogens with zero attached hydrogens (tertiary/aromatic N) is 7. The normalized spacial score (nSPS) is 14.4. The maximum Gasteiger partial charge on any atom is 0.338 e. The number of rotatable bonds is 7. The molecule has 0 bridgehead atoms. The van der Waals surface area contributed by atoms with E-state index in [-0.39, 0.29) is 12.5 Å². The SMILES string of the molecule is CC(C)(C)OC(=O)c1ccc2nc(CN3CCC(c4ccc5ccn(Cc6ccc(C#N)cc6F)c5n4)CC3)n(CC#N)c2c1. The van der Waals surface area contributed by atoms with E-state index in [0.29, 0.717) is 29.8 Å². The second-order valence-electron chi connectivity index (χ2n) is 12.5. The zero-order valence-electron chi connectivity index (χ0n) is 25.6. The van der Waals surface area contributed by atoms with Crippen LogP contribution in [0.3, 0.4) is 0 Å². The lowest BCUT2D eigenvalue weighted by Gasteiger charge is -2.31. The zero-order valence-corrected chi connectivity index (χ0v) is 25.6. The predicted octanol–water partition coefficient (Wildman–Crippen LogP) is 6.30. The number of hydrogen-bond donors (Lipinski definition) is 0. The molecule has 0 amide bonds. The Labute approximate surface area is 261 Å². The summed E-state index contributed by atoms with van der Waals surface area (Å²) in [5.41, 5.74) is 3.96. The Morgan fingerprint density at radius 3 is 2.53 bits per heavy atom. The van der Waals surface area contributed by atoms with E-state index < -0.39 is 17.4 Å². The molecule has 0 radical (unpaired) electrons. The number of ether oxygens (including phenoxy) is 1. The van der Waals surface area contributed by atoms with Crippen molar-refractivity contribution in [2.24, 2.45) is 0 Å². The first kappa shape index (κ1) is 30.0. The van der Waals surface area contributed by atoms with Crippen molar-refractivity contribution in [1.82, 2.24) is 24.0 Å². The number of piperidine rings is 1. The highest BCUT2D eigenvalue weighted by Crippen LogP contribution is 2.30. The fourth-order valence-corrected chi connectivity index (χ4v) is 5.95. The maximum atomic E-state index is 14.6. The molecule has 4 heterocycles. The third-order valence-electron chi connectivity index (χ3n) is 8.22. The molecule has 1 aliphatic rings. The van der Waals surface area contributed by atoms with Crippen molar-refractivity contribution in [3.8, 4) is 12.1 Å². The van der Waals surface area contributed by atoms with Crippen LogP contribution < -0.4 is 0 Å². The van der Waals surface area contributed by atoms with Crippen molar-refractivity contribution < 1.29 is 13.9 Å². The summed E-state index contributed by atoms with van der Waals surface area (Å²) in [5.74, 6) is 0.276. The summed E-state index contributed by atoms with van der Waals surface area (Å²) in [6.45, 7) is 8.25. The molecule has 0 saturated carbocycles. The second kappa shape index (κ2) is 12.1. The fourth-order valence-electron chi connectivity index (χ4n) is 5.95. The van der Waals surface area contributed by atoms with Gasteiger partial charge in [-0.2, -0.15) is 10.5 Å². The number of fused-ring (bicyclic) bond motifs is 2. The quantitative estimate of drug-likeness (QED) is 0.201. The molecule has 10 heteroatoms. The number of halogens is 1. The maximum absolute atomic E-state index is 14.6. The Bertz CT molecular complexity index is 1980. The van der Waals surface area contributed by atoms with E-state index in [1.807, 2.05) is 54.3 Å². The molecule has 2 aromatic carbocycles. The molecule has 228 valence electrons. The summed E-state index contributed by atoms with van der Waals surface area (Å²) >= 11 is 0. The number of carbonyl (C=O) groups excluding carboxylic acids is 1.